The normalized spacial score (nSPS) is 9.21. The standard InChI is InChI=1S/C11H6BrNS/c12-11-5-10(6-13-7-11)2-1-9-3-4-14-8-9/h3-8H. The Labute approximate surface area is 94.9 Å². The minimum atomic E-state index is 0.922. The number of rotatable bonds is 0. The number of thiophene rings is 1. The van der Waals surface area contributed by atoms with E-state index in [2.05, 4.69) is 32.8 Å². The Morgan fingerprint density at radius 1 is 1.21 bits per heavy atom. The van der Waals surface area contributed by atoms with Crippen LogP contribution in [0.2, 0.25) is 0 Å². The maximum Gasteiger partial charge on any atom is 0.0443 e. The predicted octanol–water partition coefficient (Wildman–Crippen LogP) is 3.31. The zero-order valence-electron chi connectivity index (χ0n) is 7.20. The number of aromatic nitrogens is 1. The van der Waals surface area contributed by atoms with E-state index >= 15 is 0 Å². The topological polar surface area (TPSA) is 12.9 Å². The highest BCUT2D eigenvalue weighted by atomic mass is 79.9. The van der Waals surface area contributed by atoms with Gasteiger partial charge in [-0.05, 0) is 33.4 Å². The second kappa shape index (κ2) is 4.41. The molecule has 0 saturated carbocycles. The van der Waals surface area contributed by atoms with E-state index in [1.807, 2.05) is 22.9 Å². The maximum absolute atomic E-state index is 4.04. The van der Waals surface area contributed by atoms with Gasteiger partial charge in [0.2, 0.25) is 0 Å². The molecule has 0 fully saturated rings. The van der Waals surface area contributed by atoms with E-state index in [1.165, 1.54) is 0 Å². The van der Waals surface area contributed by atoms with Gasteiger partial charge in [0.25, 0.3) is 0 Å². The molecule has 0 aromatic carbocycles. The van der Waals surface area contributed by atoms with Crippen LogP contribution in [0.3, 0.4) is 0 Å². The van der Waals surface area contributed by atoms with E-state index < -0.39 is 0 Å². The summed E-state index contributed by atoms with van der Waals surface area (Å²) in [6.45, 7) is 0. The molecule has 0 aliphatic heterocycles. The summed E-state index contributed by atoms with van der Waals surface area (Å²) in [5, 5.41) is 4.04. The molecule has 0 aliphatic carbocycles. The van der Waals surface area contributed by atoms with Crippen molar-refractivity contribution < 1.29 is 0 Å². The van der Waals surface area contributed by atoms with Crippen molar-refractivity contribution >= 4 is 27.3 Å². The lowest BCUT2D eigenvalue weighted by Gasteiger charge is -1.89. The average Bonchev–Trinajstić information content (AvgIpc) is 2.67. The van der Waals surface area contributed by atoms with Crippen molar-refractivity contribution in [3.05, 3.63) is 50.9 Å². The molecule has 2 rings (SSSR count). The van der Waals surface area contributed by atoms with Gasteiger partial charge in [0, 0.05) is 33.4 Å². The second-order valence-corrected chi connectivity index (χ2v) is 4.35. The van der Waals surface area contributed by atoms with Crippen molar-refractivity contribution in [3.63, 3.8) is 0 Å². The summed E-state index contributed by atoms with van der Waals surface area (Å²) in [6.07, 6.45) is 3.50. The smallest absolute Gasteiger partial charge is 0.0443 e. The van der Waals surface area contributed by atoms with Gasteiger partial charge in [-0.2, -0.15) is 11.3 Å². The van der Waals surface area contributed by atoms with Gasteiger partial charge in [-0.3, -0.25) is 4.98 Å². The van der Waals surface area contributed by atoms with E-state index in [0.29, 0.717) is 0 Å². The van der Waals surface area contributed by atoms with Gasteiger partial charge < -0.3 is 0 Å². The zero-order chi connectivity index (χ0) is 9.80. The van der Waals surface area contributed by atoms with Gasteiger partial charge in [-0.15, -0.1) is 0 Å². The molecular weight excluding hydrogens is 258 g/mol. The fourth-order valence-corrected chi connectivity index (χ4v) is 1.91. The van der Waals surface area contributed by atoms with Gasteiger partial charge in [0.1, 0.15) is 0 Å². The Kier molecular flexibility index (Phi) is 2.97. The van der Waals surface area contributed by atoms with Gasteiger partial charge in [0.15, 0.2) is 0 Å². The number of pyridine rings is 1. The Hall–Kier alpha value is -1.11. The van der Waals surface area contributed by atoms with E-state index in [0.717, 1.165) is 15.6 Å². The predicted molar refractivity (Wildman–Crippen MR) is 62.2 cm³/mol. The second-order valence-electron chi connectivity index (χ2n) is 2.65. The fourth-order valence-electron chi connectivity index (χ4n) is 0.960. The summed E-state index contributed by atoms with van der Waals surface area (Å²) in [4.78, 5) is 4.04. The van der Waals surface area contributed by atoms with E-state index in [1.54, 1.807) is 23.7 Å². The minimum Gasteiger partial charge on any atom is -0.262 e. The summed E-state index contributed by atoms with van der Waals surface area (Å²) < 4.78 is 0.953. The molecule has 14 heavy (non-hydrogen) atoms. The summed E-state index contributed by atoms with van der Waals surface area (Å²) in [7, 11) is 0. The molecule has 3 heteroatoms. The van der Waals surface area contributed by atoms with Gasteiger partial charge in [0.05, 0.1) is 0 Å². The van der Waals surface area contributed by atoms with Gasteiger partial charge in [-0.1, -0.05) is 11.8 Å². The molecule has 2 heterocycles. The molecular formula is C11H6BrNS. The van der Waals surface area contributed by atoms with Crippen LogP contribution in [0.4, 0.5) is 0 Å². The molecule has 68 valence electrons. The van der Waals surface area contributed by atoms with Crippen LogP contribution in [-0.2, 0) is 0 Å². The van der Waals surface area contributed by atoms with Crippen LogP contribution in [0.1, 0.15) is 11.1 Å². The minimum absolute atomic E-state index is 0.922. The molecule has 0 aliphatic rings. The lowest BCUT2D eigenvalue weighted by Crippen LogP contribution is -1.77. The van der Waals surface area contributed by atoms with Crippen molar-refractivity contribution in [2.24, 2.45) is 0 Å². The third-order valence-corrected chi connectivity index (χ3v) is 2.69. The van der Waals surface area contributed by atoms with Gasteiger partial charge in [-0.25, -0.2) is 0 Å². The number of halogens is 1. The Balaban J connectivity index is 2.26. The molecule has 0 bridgehead atoms. The Bertz CT molecular complexity index is 479. The fraction of sp³-hybridized carbons (Fsp3) is 0. The molecule has 2 aromatic rings. The van der Waals surface area contributed by atoms with Crippen LogP contribution in [0, 0.1) is 11.8 Å². The SMILES string of the molecule is Brc1cncc(C#Cc2ccsc2)c1. The van der Waals surface area contributed by atoms with Crippen LogP contribution in [0.15, 0.2) is 39.8 Å². The monoisotopic (exact) mass is 263 g/mol. The molecule has 0 radical (unpaired) electrons. The maximum atomic E-state index is 4.04. The number of nitrogens with zero attached hydrogens (tertiary/aromatic N) is 1. The molecule has 0 amide bonds. The van der Waals surface area contributed by atoms with Crippen molar-refractivity contribution in [2.45, 2.75) is 0 Å². The summed E-state index contributed by atoms with van der Waals surface area (Å²) in [5.41, 5.74) is 1.97. The van der Waals surface area contributed by atoms with Gasteiger partial charge >= 0.3 is 0 Å². The van der Waals surface area contributed by atoms with E-state index in [-0.39, 0.29) is 0 Å². The van der Waals surface area contributed by atoms with Crippen LogP contribution in [0.5, 0.6) is 0 Å². The number of hydrogen-bond donors (Lipinski definition) is 0. The Morgan fingerprint density at radius 3 is 2.79 bits per heavy atom. The molecule has 0 spiro atoms. The van der Waals surface area contributed by atoms with Crippen LogP contribution in [-0.4, -0.2) is 4.98 Å². The Morgan fingerprint density at radius 2 is 2.07 bits per heavy atom. The molecule has 0 saturated heterocycles. The average molecular weight is 264 g/mol. The highest BCUT2D eigenvalue weighted by molar-refractivity contribution is 9.10. The molecule has 0 N–H and O–H groups in total. The third-order valence-electron chi connectivity index (χ3n) is 1.58. The first-order chi connectivity index (χ1) is 6.84. The summed E-state index contributed by atoms with van der Waals surface area (Å²) >= 11 is 5.00. The lowest BCUT2D eigenvalue weighted by atomic mass is 10.2. The van der Waals surface area contributed by atoms with Crippen molar-refractivity contribution in [3.8, 4) is 11.8 Å². The first-order valence-electron chi connectivity index (χ1n) is 3.99. The van der Waals surface area contributed by atoms with Crippen LogP contribution in [0.25, 0.3) is 0 Å². The summed E-state index contributed by atoms with van der Waals surface area (Å²) in [6, 6.07) is 3.95. The molecule has 1 nitrogen and oxygen atoms in total. The van der Waals surface area contributed by atoms with Crippen molar-refractivity contribution in [1.82, 2.24) is 4.98 Å². The number of hydrogen-bond acceptors (Lipinski definition) is 2. The highest BCUT2D eigenvalue weighted by Gasteiger charge is 1.89. The highest BCUT2D eigenvalue weighted by Crippen LogP contribution is 2.09. The zero-order valence-corrected chi connectivity index (χ0v) is 9.60. The van der Waals surface area contributed by atoms with Crippen LogP contribution < -0.4 is 0 Å². The largest absolute Gasteiger partial charge is 0.262 e. The molecule has 0 atom stereocenters. The third kappa shape index (κ3) is 2.44. The molecule has 2 aromatic heterocycles. The first kappa shape index (κ1) is 9.45. The first-order valence-corrected chi connectivity index (χ1v) is 5.73. The van der Waals surface area contributed by atoms with Crippen LogP contribution >= 0.6 is 27.3 Å². The molecule has 0 unspecified atom stereocenters. The van der Waals surface area contributed by atoms with Crippen molar-refractivity contribution in [2.75, 3.05) is 0 Å². The van der Waals surface area contributed by atoms with Crippen molar-refractivity contribution in [1.29, 1.82) is 0 Å². The lowest BCUT2D eigenvalue weighted by molar-refractivity contribution is 1.29. The summed E-state index contributed by atoms with van der Waals surface area (Å²) in [5.74, 6) is 6.12. The van der Waals surface area contributed by atoms with E-state index in [9.17, 15) is 0 Å². The quantitative estimate of drug-likeness (QED) is 0.665. The van der Waals surface area contributed by atoms with E-state index in [4.69, 9.17) is 0 Å².